The third-order valence-electron chi connectivity index (χ3n) is 4.34. The number of para-hydroxylation sites is 1. The second kappa shape index (κ2) is 7.67. The zero-order chi connectivity index (χ0) is 21.2. The number of amides is 3. The number of nitrogens with one attached hydrogen (secondary N) is 3. The van der Waals surface area contributed by atoms with E-state index in [-0.39, 0.29) is 11.3 Å². The Morgan fingerprint density at radius 3 is 2.59 bits per heavy atom. The molecule has 3 N–H and O–H groups in total. The van der Waals surface area contributed by atoms with E-state index in [9.17, 15) is 22.8 Å². The summed E-state index contributed by atoms with van der Waals surface area (Å²) in [6.45, 7) is 1.48. The molecule has 2 aromatic rings. The van der Waals surface area contributed by atoms with E-state index in [1.165, 1.54) is 25.1 Å². The number of halogens is 3. The molecule has 1 aliphatic heterocycles. The van der Waals surface area contributed by atoms with E-state index < -0.39 is 35.4 Å². The average Bonchev–Trinajstić information content (AvgIpc) is 2.67. The van der Waals surface area contributed by atoms with Gasteiger partial charge in [0.25, 0.3) is 5.91 Å². The van der Waals surface area contributed by atoms with Crippen molar-refractivity contribution in [3.63, 3.8) is 0 Å². The maximum absolute atomic E-state index is 13.2. The highest BCUT2D eigenvalue weighted by atomic mass is 19.4. The van der Waals surface area contributed by atoms with Gasteiger partial charge in [-0.1, -0.05) is 24.3 Å². The van der Waals surface area contributed by atoms with Crippen molar-refractivity contribution in [3.8, 4) is 6.07 Å². The van der Waals surface area contributed by atoms with E-state index in [0.717, 1.165) is 12.1 Å². The minimum Gasteiger partial charge on any atom is -0.327 e. The number of rotatable bonds is 3. The number of hydrogen-bond acceptors (Lipinski definition) is 3. The van der Waals surface area contributed by atoms with E-state index in [0.29, 0.717) is 11.1 Å². The number of allylic oxidation sites excluding steroid dienone is 1. The van der Waals surface area contributed by atoms with Crippen LogP contribution in [0.5, 0.6) is 0 Å². The smallest absolute Gasteiger partial charge is 0.327 e. The van der Waals surface area contributed by atoms with Crippen LogP contribution in [-0.4, -0.2) is 11.9 Å². The van der Waals surface area contributed by atoms with Crippen LogP contribution in [0.2, 0.25) is 0 Å². The lowest BCUT2D eigenvalue weighted by molar-refractivity contribution is -0.137. The Morgan fingerprint density at radius 2 is 1.90 bits per heavy atom. The average molecular weight is 400 g/mol. The van der Waals surface area contributed by atoms with Gasteiger partial charge < -0.3 is 16.0 Å². The first-order chi connectivity index (χ1) is 13.7. The summed E-state index contributed by atoms with van der Waals surface area (Å²) in [5, 5.41) is 16.4. The van der Waals surface area contributed by atoms with Gasteiger partial charge >= 0.3 is 12.2 Å². The van der Waals surface area contributed by atoms with Crippen molar-refractivity contribution in [1.29, 1.82) is 5.26 Å². The van der Waals surface area contributed by atoms with Crippen LogP contribution in [0.1, 0.15) is 29.7 Å². The van der Waals surface area contributed by atoms with Crippen LogP contribution in [0.4, 0.5) is 23.7 Å². The number of carbonyl (C=O) groups is 2. The van der Waals surface area contributed by atoms with Crippen LogP contribution in [0, 0.1) is 11.3 Å². The molecule has 3 rings (SSSR count). The van der Waals surface area contributed by atoms with Gasteiger partial charge in [-0.25, -0.2) is 4.79 Å². The standard InChI is InChI=1S/C20H15F3N4O2/c1-11-16(18(28)26-15-8-3-2-7-14(15)20(21,22)23)17(27-19(29)25-11)13-6-4-5-12(9-13)10-24/h2-9,17H,1H3,(H,26,28)(H2,25,27,29). The minimum absolute atomic E-state index is 0.0386. The van der Waals surface area contributed by atoms with Crippen molar-refractivity contribution in [2.75, 3.05) is 5.32 Å². The normalized spacial score (nSPS) is 16.5. The molecule has 148 valence electrons. The molecular weight excluding hydrogens is 385 g/mol. The number of alkyl halides is 3. The molecule has 1 atom stereocenters. The minimum atomic E-state index is -4.65. The van der Waals surface area contributed by atoms with Crippen LogP contribution >= 0.6 is 0 Å². The van der Waals surface area contributed by atoms with Gasteiger partial charge in [-0.2, -0.15) is 18.4 Å². The monoisotopic (exact) mass is 400 g/mol. The molecule has 1 heterocycles. The molecule has 0 spiro atoms. The molecular formula is C20H15F3N4O2. The molecule has 6 nitrogen and oxygen atoms in total. The number of hydrogen-bond donors (Lipinski definition) is 3. The molecule has 1 aliphatic rings. The summed E-state index contributed by atoms with van der Waals surface area (Å²) in [6.07, 6.45) is -4.65. The Balaban J connectivity index is 2.00. The van der Waals surface area contributed by atoms with Crippen LogP contribution < -0.4 is 16.0 Å². The van der Waals surface area contributed by atoms with Crippen molar-refractivity contribution in [2.45, 2.75) is 19.1 Å². The number of benzene rings is 2. The van der Waals surface area contributed by atoms with E-state index in [1.807, 2.05) is 6.07 Å². The Hall–Kier alpha value is -3.80. The lowest BCUT2D eigenvalue weighted by atomic mass is 9.93. The molecule has 0 saturated carbocycles. The highest BCUT2D eigenvalue weighted by molar-refractivity contribution is 6.07. The Bertz CT molecular complexity index is 1050. The first-order valence-electron chi connectivity index (χ1n) is 8.46. The second-order valence-corrected chi connectivity index (χ2v) is 6.30. The molecule has 2 aromatic carbocycles. The molecule has 0 bridgehead atoms. The van der Waals surface area contributed by atoms with Crippen molar-refractivity contribution < 1.29 is 22.8 Å². The number of urea groups is 1. The van der Waals surface area contributed by atoms with Crippen LogP contribution in [0.3, 0.4) is 0 Å². The second-order valence-electron chi connectivity index (χ2n) is 6.30. The van der Waals surface area contributed by atoms with Gasteiger partial charge in [0.15, 0.2) is 0 Å². The third kappa shape index (κ3) is 4.21. The van der Waals surface area contributed by atoms with E-state index in [1.54, 1.807) is 18.2 Å². The number of nitrogens with zero attached hydrogens (tertiary/aromatic N) is 1. The molecule has 0 aliphatic carbocycles. The molecule has 1 unspecified atom stereocenters. The Kier molecular flexibility index (Phi) is 5.28. The zero-order valence-electron chi connectivity index (χ0n) is 15.1. The summed E-state index contributed by atoms with van der Waals surface area (Å²) >= 11 is 0. The maximum atomic E-state index is 13.2. The summed E-state index contributed by atoms with van der Waals surface area (Å²) in [7, 11) is 0. The Labute approximate surface area is 164 Å². The topological polar surface area (TPSA) is 94.0 Å². The molecule has 29 heavy (non-hydrogen) atoms. The summed E-state index contributed by atoms with van der Waals surface area (Å²) in [5.41, 5.74) is -0.378. The predicted molar refractivity (Wildman–Crippen MR) is 98.3 cm³/mol. The fourth-order valence-electron chi connectivity index (χ4n) is 3.06. The van der Waals surface area contributed by atoms with Gasteiger partial charge in [-0.3, -0.25) is 4.79 Å². The summed E-state index contributed by atoms with van der Waals surface area (Å²) in [4.78, 5) is 24.8. The van der Waals surface area contributed by atoms with E-state index in [2.05, 4.69) is 16.0 Å². The number of carbonyl (C=O) groups excluding carboxylic acids is 2. The molecule has 0 aromatic heterocycles. The van der Waals surface area contributed by atoms with Crippen LogP contribution in [0.25, 0.3) is 0 Å². The lowest BCUT2D eigenvalue weighted by Gasteiger charge is -2.29. The van der Waals surface area contributed by atoms with Gasteiger partial charge in [0.2, 0.25) is 0 Å². The largest absolute Gasteiger partial charge is 0.418 e. The summed E-state index contributed by atoms with van der Waals surface area (Å²) < 4.78 is 39.7. The van der Waals surface area contributed by atoms with Crippen molar-refractivity contribution in [2.24, 2.45) is 0 Å². The molecule has 0 fully saturated rings. The summed E-state index contributed by atoms with van der Waals surface area (Å²) in [5.74, 6) is -0.806. The molecule has 9 heteroatoms. The third-order valence-corrected chi connectivity index (χ3v) is 4.34. The fourth-order valence-corrected chi connectivity index (χ4v) is 3.06. The quantitative estimate of drug-likeness (QED) is 0.731. The Morgan fingerprint density at radius 1 is 1.17 bits per heavy atom. The highest BCUT2D eigenvalue weighted by Gasteiger charge is 2.35. The van der Waals surface area contributed by atoms with Gasteiger partial charge in [0.1, 0.15) is 0 Å². The molecule has 0 radical (unpaired) electrons. The van der Waals surface area contributed by atoms with Gasteiger partial charge in [0, 0.05) is 5.70 Å². The van der Waals surface area contributed by atoms with E-state index in [4.69, 9.17) is 5.26 Å². The number of anilines is 1. The molecule has 0 saturated heterocycles. The SMILES string of the molecule is CC1=C(C(=O)Nc2ccccc2C(F)(F)F)C(c2cccc(C#N)c2)NC(=O)N1. The number of nitriles is 1. The van der Waals surface area contributed by atoms with Crippen molar-refractivity contribution >= 4 is 17.6 Å². The summed E-state index contributed by atoms with van der Waals surface area (Å²) in [6, 6.07) is 11.3. The zero-order valence-corrected chi connectivity index (χ0v) is 15.1. The van der Waals surface area contributed by atoms with Gasteiger partial charge in [-0.05, 0) is 36.8 Å². The van der Waals surface area contributed by atoms with Crippen molar-refractivity contribution in [1.82, 2.24) is 10.6 Å². The van der Waals surface area contributed by atoms with Crippen molar-refractivity contribution in [3.05, 3.63) is 76.5 Å². The highest BCUT2D eigenvalue weighted by Crippen LogP contribution is 2.35. The van der Waals surface area contributed by atoms with Crippen LogP contribution in [-0.2, 0) is 11.0 Å². The van der Waals surface area contributed by atoms with Gasteiger partial charge in [-0.15, -0.1) is 0 Å². The predicted octanol–water partition coefficient (Wildman–Crippen LogP) is 3.84. The maximum Gasteiger partial charge on any atom is 0.418 e. The molecule has 3 amide bonds. The first-order valence-corrected chi connectivity index (χ1v) is 8.46. The fraction of sp³-hybridized carbons (Fsp3) is 0.150. The van der Waals surface area contributed by atoms with Crippen LogP contribution in [0.15, 0.2) is 59.8 Å². The first kappa shape index (κ1) is 19.9. The van der Waals surface area contributed by atoms with Gasteiger partial charge in [0.05, 0.1) is 34.5 Å². The van der Waals surface area contributed by atoms with E-state index >= 15 is 0 Å². The lowest BCUT2D eigenvalue weighted by Crippen LogP contribution is -2.46.